The molecule has 8 nitrogen and oxygen atoms in total. The first-order valence-corrected chi connectivity index (χ1v) is 12.8. The van der Waals surface area contributed by atoms with E-state index < -0.39 is 0 Å². The van der Waals surface area contributed by atoms with Crippen molar-refractivity contribution in [1.29, 1.82) is 0 Å². The molecule has 0 bridgehead atoms. The molecule has 8 heteroatoms. The molecule has 0 spiro atoms. The Morgan fingerprint density at radius 2 is 1.58 bits per heavy atom. The molecule has 1 unspecified atom stereocenters. The Hall–Kier alpha value is -4.20. The lowest BCUT2D eigenvalue weighted by molar-refractivity contribution is -0.133. The summed E-state index contributed by atoms with van der Waals surface area (Å²) in [7, 11) is 3.16. The van der Waals surface area contributed by atoms with Gasteiger partial charge in [-0.3, -0.25) is 4.79 Å². The molecule has 1 atom stereocenters. The number of nitrogens with zero attached hydrogens (tertiary/aromatic N) is 2. The number of carbonyl (C=O) groups excluding carboxylic acids is 2. The normalized spacial score (nSPS) is 15.2. The van der Waals surface area contributed by atoms with E-state index in [0.29, 0.717) is 42.6 Å². The predicted molar refractivity (Wildman–Crippen MR) is 147 cm³/mol. The number of urea groups is 1. The van der Waals surface area contributed by atoms with Crippen LogP contribution in [0.15, 0.2) is 72.8 Å². The van der Waals surface area contributed by atoms with E-state index in [0.717, 1.165) is 11.3 Å². The van der Waals surface area contributed by atoms with Crippen LogP contribution in [0.4, 0.5) is 10.5 Å². The first-order valence-electron chi connectivity index (χ1n) is 12.8. The summed E-state index contributed by atoms with van der Waals surface area (Å²) in [5.41, 5.74) is 1.54. The average molecular weight is 518 g/mol. The van der Waals surface area contributed by atoms with E-state index >= 15 is 0 Å². The zero-order valence-electron chi connectivity index (χ0n) is 22.3. The Kier molecular flexibility index (Phi) is 8.73. The molecule has 1 heterocycles. The highest BCUT2D eigenvalue weighted by atomic mass is 16.5. The molecular weight excluding hydrogens is 482 g/mol. The molecule has 0 saturated carbocycles. The van der Waals surface area contributed by atoms with Gasteiger partial charge < -0.3 is 29.3 Å². The van der Waals surface area contributed by atoms with Crippen molar-refractivity contribution in [3.8, 4) is 23.0 Å². The number of hydrogen-bond donors (Lipinski definition) is 1. The summed E-state index contributed by atoms with van der Waals surface area (Å²) in [6.45, 7) is 5.57. The third kappa shape index (κ3) is 6.56. The monoisotopic (exact) mass is 517 g/mol. The second kappa shape index (κ2) is 12.4. The van der Waals surface area contributed by atoms with Crippen molar-refractivity contribution in [2.24, 2.45) is 5.92 Å². The van der Waals surface area contributed by atoms with Crippen LogP contribution in [0.1, 0.15) is 19.4 Å². The van der Waals surface area contributed by atoms with Crippen LogP contribution in [-0.2, 0) is 11.2 Å². The minimum absolute atomic E-state index is 0.0249. The lowest BCUT2D eigenvalue weighted by Crippen LogP contribution is -2.59. The molecule has 1 aliphatic rings. The zero-order valence-corrected chi connectivity index (χ0v) is 22.3. The maximum atomic E-state index is 13.2. The fraction of sp³-hybridized carbons (Fsp3) is 0.333. The predicted octanol–water partition coefficient (Wildman–Crippen LogP) is 5.44. The highest BCUT2D eigenvalue weighted by Crippen LogP contribution is 2.28. The summed E-state index contributed by atoms with van der Waals surface area (Å²) >= 11 is 0. The first-order chi connectivity index (χ1) is 18.4. The van der Waals surface area contributed by atoms with E-state index in [1.165, 1.54) is 0 Å². The van der Waals surface area contributed by atoms with E-state index in [9.17, 15) is 9.59 Å². The third-order valence-electron chi connectivity index (χ3n) is 6.69. The van der Waals surface area contributed by atoms with Crippen molar-refractivity contribution < 1.29 is 23.8 Å². The Balaban J connectivity index is 1.36. The van der Waals surface area contributed by atoms with Crippen LogP contribution >= 0.6 is 0 Å². The molecule has 3 aromatic carbocycles. The molecule has 4 rings (SSSR count). The number of ether oxygens (including phenoxy) is 3. The number of para-hydroxylation sites is 1. The van der Waals surface area contributed by atoms with Crippen LogP contribution in [-0.4, -0.2) is 61.6 Å². The van der Waals surface area contributed by atoms with Crippen LogP contribution in [0, 0.1) is 5.92 Å². The molecule has 3 amide bonds. The molecule has 0 aromatic heterocycles. The number of nitrogens with one attached hydrogen (secondary N) is 1. The largest absolute Gasteiger partial charge is 0.493 e. The molecule has 0 aliphatic carbocycles. The van der Waals surface area contributed by atoms with Gasteiger partial charge >= 0.3 is 6.03 Å². The highest BCUT2D eigenvalue weighted by Gasteiger charge is 2.34. The van der Waals surface area contributed by atoms with Gasteiger partial charge in [-0.15, -0.1) is 0 Å². The van der Waals surface area contributed by atoms with Crippen LogP contribution in [0.25, 0.3) is 0 Å². The number of benzene rings is 3. The van der Waals surface area contributed by atoms with E-state index in [1.807, 2.05) is 76.5 Å². The minimum Gasteiger partial charge on any atom is -0.493 e. The molecule has 1 saturated heterocycles. The van der Waals surface area contributed by atoms with Crippen molar-refractivity contribution in [3.63, 3.8) is 0 Å². The quantitative estimate of drug-likeness (QED) is 0.430. The molecule has 1 fully saturated rings. The van der Waals surface area contributed by atoms with E-state index in [4.69, 9.17) is 14.2 Å². The van der Waals surface area contributed by atoms with Crippen molar-refractivity contribution in [2.75, 3.05) is 39.2 Å². The van der Waals surface area contributed by atoms with Gasteiger partial charge in [-0.2, -0.15) is 0 Å². The molecule has 38 heavy (non-hydrogen) atoms. The maximum Gasteiger partial charge on any atom is 0.322 e. The smallest absolute Gasteiger partial charge is 0.322 e. The van der Waals surface area contributed by atoms with Gasteiger partial charge in [0.2, 0.25) is 5.91 Å². The molecule has 1 aliphatic heterocycles. The number of hydrogen-bond acceptors (Lipinski definition) is 5. The SMILES string of the molecule is COc1ccc(CC(=O)N2CCN(C(=O)Nc3ccc(Oc4ccccc4)cc3)C(C(C)C)C2)cc1OC. The standard InChI is InChI=1S/C30H35N3O5/c1-21(2)26-20-32(29(34)19-22-10-15-27(36-3)28(18-22)37-4)16-17-33(26)30(35)31-23-11-13-25(14-12-23)38-24-8-6-5-7-9-24/h5-15,18,21,26H,16-17,19-20H2,1-4H3,(H,31,35). The van der Waals surface area contributed by atoms with Crippen LogP contribution in [0.5, 0.6) is 23.0 Å². The first kappa shape index (κ1) is 26.9. The number of carbonyl (C=O) groups is 2. The summed E-state index contributed by atoms with van der Waals surface area (Å²) in [4.78, 5) is 30.0. The number of methoxy groups -OCH3 is 2. The average Bonchev–Trinajstić information content (AvgIpc) is 2.94. The second-order valence-electron chi connectivity index (χ2n) is 9.58. The summed E-state index contributed by atoms with van der Waals surface area (Å²) in [6, 6.07) is 22.1. The van der Waals surface area contributed by atoms with Crippen molar-refractivity contribution >= 4 is 17.6 Å². The third-order valence-corrected chi connectivity index (χ3v) is 6.69. The van der Waals surface area contributed by atoms with Crippen molar-refractivity contribution in [1.82, 2.24) is 9.80 Å². The molecule has 1 N–H and O–H groups in total. The fourth-order valence-corrected chi connectivity index (χ4v) is 4.56. The van der Waals surface area contributed by atoms with Gasteiger partial charge in [-0.1, -0.05) is 38.1 Å². The van der Waals surface area contributed by atoms with Crippen LogP contribution in [0.3, 0.4) is 0 Å². The number of rotatable bonds is 8. The highest BCUT2D eigenvalue weighted by molar-refractivity contribution is 5.90. The molecule has 200 valence electrons. The van der Waals surface area contributed by atoms with Crippen LogP contribution in [0.2, 0.25) is 0 Å². The Morgan fingerprint density at radius 1 is 0.895 bits per heavy atom. The molecule has 0 radical (unpaired) electrons. The summed E-state index contributed by atoms with van der Waals surface area (Å²) < 4.78 is 16.5. The lowest BCUT2D eigenvalue weighted by Gasteiger charge is -2.43. The van der Waals surface area contributed by atoms with Gasteiger partial charge in [0.1, 0.15) is 11.5 Å². The summed E-state index contributed by atoms with van der Waals surface area (Å²) in [5.74, 6) is 2.87. The van der Waals surface area contributed by atoms with Gasteiger partial charge in [0.05, 0.1) is 26.7 Å². The zero-order chi connectivity index (χ0) is 27.1. The lowest BCUT2D eigenvalue weighted by atomic mass is 9.99. The van der Waals surface area contributed by atoms with Crippen molar-refractivity contribution in [3.05, 3.63) is 78.4 Å². The number of amides is 3. The Bertz CT molecular complexity index is 1230. The van der Waals surface area contributed by atoms with E-state index in [1.54, 1.807) is 20.3 Å². The number of piperazine rings is 1. The second-order valence-corrected chi connectivity index (χ2v) is 9.58. The summed E-state index contributed by atoms with van der Waals surface area (Å²) in [6.07, 6.45) is 0.259. The fourth-order valence-electron chi connectivity index (χ4n) is 4.56. The van der Waals surface area contributed by atoms with Gasteiger partial charge in [-0.25, -0.2) is 4.79 Å². The maximum absolute atomic E-state index is 13.2. The summed E-state index contributed by atoms with van der Waals surface area (Å²) in [5, 5.41) is 3.00. The van der Waals surface area contributed by atoms with Crippen LogP contribution < -0.4 is 19.5 Å². The Morgan fingerprint density at radius 3 is 2.24 bits per heavy atom. The van der Waals surface area contributed by atoms with Crippen molar-refractivity contribution in [2.45, 2.75) is 26.3 Å². The molecular formula is C30H35N3O5. The molecule has 3 aromatic rings. The topological polar surface area (TPSA) is 80.3 Å². The Labute approximate surface area is 224 Å². The minimum atomic E-state index is -0.174. The number of anilines is 1. The van der Waals surface area contributed by atoms with E-state index in [-0.39, 0.29) is 30.3 Å². The van der Waals surface area contributed by atoms with Gasteiger partial charge in [0.25, 0.3) is 0 Å². The van der Waals surface area contributed by atoms with Gasteiger partial charge in [-0.05, 0) is 60.0 Å². The van der Waals surface area contributed by atoms with Gasteiger partial charge in [0, 0.05) is 25.3 Å². The van der Waals surface area contributed by atoms with Gasteiger partial charge in [0.15, 0.2) is 11.5 Å². The van der Waals surface area contributed by atoms with E-state index in [2.05, 4.69) is 19.2 Å².